The average Bonchev–Trinajstić information content (AvgIpc) is 3.00. The Labute approximate surface area is 250 Å². The predicted molar refractivity (Wildman–Crippen MR) is 172 cm³/mol. The van der Waals surface area contributed by atoms with Gasteiger partial charge in [0.2, 0.25) is 0 Å². The van der Waals surface area contributed by atoms with Crippen LogP contribution >= 0.6 is 0 Å². The molecule has 2 aromatic carbocycles. The van der Waals surface area contributed by atoms with Crippen LogP contribution in [0.25, 0.3) is 11.1 Å². The number of nitrogens with one attached hydrogen (secondary N) is 3. The van der Waals surface area contributed by atoms with E-state index in [1.54, 1.807) is 30.5 Å². The van der Waals surface area contributed by atoms with E-state index in [9.17, 15) is 9.65 Å². The maximum Gasteiger partial charge on any atom is 0.125 e. The van der Waals surface area contributed by atoms with Gasteiger partial charge in [-0.2, -0.15) is 5.26 Å². The zero-order chi connectivity index (χ0) is 30.7. The zero-order valence-corrected chi connectivity index (χ0v) is 24.8. The molecule has 0 aliphatic carbocycles. The van der Waals surface area contributed by atoms with Crippen molar-refractivity contribution >= 4 is 5.82 Å². The Morgan fingerprint density at radius 1 is 1.07 bits per heavy atom. The summed E-state index contributed by atoms with van der Waals surface area (Å²) in [5.74, 6) is 0.434. The van der Waals surface area contributed by atoms with Gasteiger partial charge in [-0.25, -0.2) is 9.37 Å². The number of rotatable bonds is 14. The number of hydrogen-bond donors (Lipinski definition) is 4. The van der Waals surface area contributed by atoms with E-state index in [1.807, 2.05) is 49.4 Å². The smallest absolute Gasteiger partial charge is 0.125 e. The van der Waals surface area contributed by atoms with Gasteiger partial charge >= 0.3 is 0 Å². The molecule has 0 aliphatic heterocycles. The Kier molecular flexibility index (Phi) is 14.9. The van der Waals surface area contributed by atoms with E-state index in [0.717, 1.165) is 39.3 Å². The first-order valence-electron chi connectivity index (χ1n) is 14.1. The third kappa shape index (κ3) is 11.1. The third-order valence-corrected chi connectivity index (χ3v) is 6.04. The molecule has 0 amide bonds. The summed E-state index contributed by atoms with van der Waals surface area (Å²) in [6.45, 7) is 15.2. The molecule has 6 nitrogen and oxygen atoms in total. The maximum atomic E-state index is 13.3. The zero-order valence-electron chi connectivity index (χ0n) is 24.8. The van der Waals surface area contributed by atoms with Crippen LogP contribution in [-0.4, -0.2) is 23.2 Å². The van der Waals surface area contributed by atoms with Crippen molar-refractivity contribution in [3.05, 3.63) is 132 Å². The number of anilines is 1. The second-order valence-electron chi connectivity index (χ2n) is 9.56. The summed E-state index contributed by atoms with van der Waals surface area (Å²) in [7, 11) is 0. The van der Waals surface area contributed by atoms with Crippen LogP contribution in [0.4, 0.5) is 10.2 Å². The van der Waals surface area contributed by atoms with Gasteiger partial charge in [-0.3, -0.25) is 0 Å². The number of nitriles is 1. The molecule has 1 unspecified atom stereocenters. The van der Waals surface area contributed by atoms with Gasteiger partial charge in [-0.1, -0.05) is 88.1 Å². The van der Waals surface area contributed by atoms with Gasteiger partial charge in [-0.15, -0.1) is 0 Å². The molecule has 0 radical (unpaired) electrons. The van der Waals surface area contributed by atoms with Crippen LogP contribution in [0.3, 0.4) is 0 Å². The molecule has 1 aromatic heterocycles. The monoisotopic (exact) mass is 567 g/mol. The van der Waals surface area contributed by atoms with Crippen LogP contribution in [0, 0.1) is 17.1 Å². The standard InChI is InChI=1S/C32H34FN5O.C3H8/c1-4-5-6-30(24(3)38-23(2)26-11-14-29(33)15-12-26)31(17-18-34)36-21-25-7-9-27(10-8-25)28-13-16-32(37-22-28)35-19-20-39;1-3-2/h4-16,22-23,36,38-39H,1,3,17,19-21H2,2H3,(H,35,37);3H2,1-2H3/b6-5-,31-30-;. The molecule has 0 aliphatic rings. The van der Waals surface area contributed by atoms with Crippen molar-refractivity contribution in [1.82, 2.24) is 15.6 Å². The van der Waals surface area contributed by atoms with Crippen molar-refractivity contribution in [3.8, 4) is 17.2 Å². The van der Waals surface area contributed by atoms with E-state index in [1.165, 1.54) is 18.6 Å². The Balaban J connectivity index is 0.00000197. The van der Waals surface area contributed by atoms with E-state index in [0.29, 0.717) is 18.8 Å². The number of pyridine rings is 1. The van der Waals surface area contributed by atoms with Crippen LogP contribution in [0.15, 0.2) is 115 Å². The number of aromatic nitrogens is 1. The Bertz CT molecular complexity index is 1350. The first-order valence-corrected chi connectivity index (χ1v) is 14.1. The minimum Gasteiger partial charge on any atom is -0.395 e. The van der Waals surface area contributed by atoms with Crippen molar-refractivity contribution in [2.24, 2.45) is 0 Å². The minimum atomic E-state index is -0.283. The third-order valence-electron chi connectivity index (χ3n) is 6.04. The van der Waals surface area contributed by atoms with Gasteiger partial charge in [0, 0.05) is 47.9 Å². The fourth-order valence-corrected chi connectivity index (χ4v) is 3.93. The number of benzene rings is 2. The molecular weight excluding hydrogens is 525 g/mol. The summed E-state index contributed by atoms with van der Waals surface area (Å²) < 4.78 is 13.3. The average molecular weight is 568 g/mol. The van der Waals surface area contributed by atoms with Crippen LogP contribution in [-0.2, 0) is 6.54 Å². The number of allylic oxidation sites excluding steroid dienone is 4. The molecule has 4 N–H and O–H groups in total. The van der Waals surface area contributed by atoms with E-state index >= 15 is 0 Å². The number of hydrogen-bond acceptors (Lipinski definition) is 6. The van der Waals surface area contributed by atoms with Crippen molar-refractivity contribution in [2.75, 3.05) is 18.5 Å². The van der Waals surface area contributed by atoms with Crippen LogP contribution in [0.5, 0.6) is 0 Å². The summed E-state index contributed by atoms with van der Waals surface area (Å²) >= 11 is 0. The molecule has 7 heteroatoms. The second-order valence-corrected chi connectivity index (χ2v) is 9.56. The molecule has 3 aromatic rings. The molecule has 220 valence electrons. The number of halogens is 1. The Morgan fingerprint density at radius 3 is 2.31 bits per heavy atom. The molecule has 1 heterocycles. The second kappa shape index (κ2) is 18.6. The van der Waals surface area contributed by atoms with Crippen molar-refractivity contribution in [3.63, 3.8) is 0 Å². The molecule has 0 fully saturated rings. The fourth-order valence-electron chi connectivity index (χ4n) is 3.93. The largest absolute Gasteiger partial charge is 0.395 e. The van der Waals surface area contributed by atoms with E-state index < -0.39 is 0 Å². The molecule has 3 rings (SSSR count). The summed E-state index contributed by atoms with van der Waals surface area (Å²) in [4.78, 5) is 4.38. The SMILES string of the molecule is C=C/C=C\C(C(=C)NC(C)c1ccc(F)cc1)=C(/CC#N)NCc1ccc(-c2ccc(NCCO)nc2)cc1.CCC. The van der Waals surface area contributed by atoms with Crippen molar-refractivity contribution < 1.29 is 9.50 Å². The summed E-state index contributed by atoms with van der Waals surface area (Å²) in [5, 5.41) is 28.3. The lowest BCUT2D eigenvalue weighted by molar-refractivity contribution is 0.311. The van der Waals surface area contributed by atoms with Gasteiger partial charge < -0.3 is 21.1 Å². The van der Waals surface area contributed by atoms with Crippen LogP contribution in [0.1, 0.15) is 50.8 Å². The highest BCUT2D eigenvalue weighted by Gasteiger charge is 2.12. The molecule has 1 atom stereocenters. The van der Waals surface area contributed by atoms with Gasteiger partial charge in [0.25, 0.3) is 0 Å². The highest BCUT2D eigenvalue weighted by atomic mass is 19.1. The maximum absolute atomic E-state index is 13.3. The first-order chi connectivity index (χ1) is 20.4. The Morgan fingerprint density at radius 2 is 1.74 bits per heavy atom. The lowest BCUT2D eigenvalue weighted by atomic mass is 10.0. The van der Waals surface area contributed by atoms with Crippen LogP contribution in [0.2, 0.25) is 0 Å². The van der Waals surface area contributed by atoms with E-state index in [-0.39, 0.29) is 24.9 Å². The molecular formula is C35H42FN5O. The topological polar surface area (TPSA) is 93.0 Å². The highest BCUT2D eigenvalue weighted by Crippen LogP contribution is 2.22. The van der Waals surface area contributed by atoms with E-state index in [4.69, 9.17) is 5.11 Å². The molecule has 0 saturated heterocycles. The summed E-state index contributed by atoms with van der Waals surface area (Å²) in [6.07, 6.45) is 8.56. The number of aliphatic hydroxyl groups excluding tert-OH is 1. The Hall–Kier alpha value is -4.67. The predicted octanol–water partition coefficient (Wildman–Crippen LogP) is 7.57. The van der Waals surface area contributed by atoms with E-state index in [2.05, 4.69) is 54.0 Å². The van der Waals surface area contributed by atoms with Gasteiger partial charge in [0.1, 0.15) is 11.6 Å². The number of nitrogens with zero attached hydrogens (tertiary/aromatic N) is 2. The van der Waals surface area contributed by atoms with Crippen molar-refractivity contribution in [2.45, 2.75) is 46.2 Å². The first kappa shape index (κ1) is 33.5. The number of aliphatic hydroxyl groups is 1. The summed E-state index contributed by atoms with van der Waals surface area (Å²) in [6, 6.07) is 20.5. The normalized spacial score (nSPS) is 11.8. The lowest BCUT2D eigenvalue weighted by Gasteiger charge is -2.21. The van der Waals surface area contributed by atoms with Crippen LogP contribution < -0.4 is 16.0 Å². The van der Waals surface area contributed by atoms with Gasteiger partial charge in [0.15, 0.2) is 0 Å². The van der Waals surface area contributed by atoms with Crippen molar-refractivity contribution in [1.29, 1.82) is 5.26 Å². The lowest BCUT2D eigenvalue weighted by Crippen LogP contribution is -2.22. The molecule has 42 heavy (non-hydrogen) atoms. The highest BCUT2D eigenvalue weighted by molar-refractivity contribution is 5.64. The van der Waals surface area contributed by atoms with Gasteiger partial charge in [-0.05, 0) is 47.9 Å². The molecule has 0 spiro atoms. The van der Waals surface area contributed by atoms with Gasteiger partial charge in [0.05, 0.1) is 19.1 Å². The quantitative estimate of drug-likeness (QED) is 0.150. The molecule has 0 bridgehead atoms. The fraction of sp³-hybridized carbons (Fsp3) is 0.257. The summed E-state index contributed by atoms with van der Waals surface area (Å²) in [5.41, 5.74) is 6.14. The minimum absolute atomic E-state index is 0.0516. The molecule has 0 saturated carbocycles.